The van der Waals surface area contributed by atoms with Crippen molar-refractivity contribution in [3.8, 4) is 11.5 Å². The van der Waals surface area contributed by atoms with Gasteiger partial charge in [0.25, 0.3) is 0 Å². The number of hydrogen-bond acceptors (Lipinski definition) is 5. The number of para-hydroxylation sites is 2. The van der Waals surface area contributed by atoms with E-state index in [1.807, 2.05) is 60.7 Å². The molecule has 5 heteroatoms. The van der Waals surface area contributed by atoms with Gasteiger partial charge in [0.05, 0.1) is 11.3 Å². The molecule has 0 amide bonds. The van der Waals surface area contributed by atoms with Crippen LogP contribution in [0.4, 0.5) is 11.4 Å². The van der Waals surface area contributed by atoms with E-state index in [-0.39, 0.29) is 5.97 Å². The maximum atomic E-state index is 14.4. The first-order chi connectivity index (χ1) is 21.1. The molecule has 0 unspecified atom stereocenters. The molecule has 0 saturated carbocycles. The second-order valence-corrected chi connectivity index (χ2v) is 11.0. The Morgan fingerprint density at radius 1 is 0.581 bits per heavy atom. The minimum Gasteiger partial charge on any atom is -0.456 e. The number of ether oxygens (including phenoxy) is 2. The molecule has 0 bridgehead atoms. The van der Waals surface area contributed by atoms with Crippen LogP contribution in [0.3, 0.4) is 0 Å². The Morgan fingerprint density at radius 3 is 1.60 bits per heavy atom. The van der Waals surface area contributed by atoms with Gasteiger partial charge in [-0.25, -0.2) is 4.79 Å². The summed E-state index contributed by atoms with van der Waals surface area (Å²) in [7, 11) is 0. The van der Waals surface area contributed by atoms with Gasteiger partial charge in [-0.15, -0.1) is 0 Å². The van der Waals surface area contributed by atoms with Gasteiger partial charge >= 0.3 is 5.97 Å². The summed E-state index contributed by atoms with van der Waals surface area (Å²) >= 11 is 0. The Kier molecular flexibility index (Phi) is 6.86. The minimum atomic E-state index is -1.14. The van der Waals surface area contributed by atoms with Gasteiger partial charge in [0.15, 0.2) is 5.60 Å². The topological polar surface area (TPSA) is 42.0 Å². The van der Waals surface area contributed by atoms with E-state index >= 15 is 0 Å². The fraction of sp³-hybridized carbons (Fsp3) is 0.184. The molecule has 0 N–H and O–H groups in total. The van der Waals surface area contributed by atoms with Crippen molar-refractivity contribution in [2.24, 2.45) is 0 Å². The van der Waals surface area contributed by atoms with Crippen molar-refractivity contribution in [3.63, 3.8) is 0 Å². The Labute approximate surface area is 252 Å². The van der Waals surface area contributed by atoms with E-state index in [1.165, 1.54) is 11.1 Å². The molecule has 2 aliphatic rings. The van der Waals surface area contributed by atoms with Crippen molar-refractivity contribution >= 4 is 17.3 Å². The number of carbonyl (C=O) groups excluding carboxylic acids is 1. The molecule has 5 aromatic carbocycles. The van der Waals surface area contributed by atoms with Crippen molar-refractivity contribution in [2.45, 2.75) is 32.5 Å². The maximum absolute atomic E-state index is 14.4. The number of benzene rings is 5. The Bertz CT molecular complexity index is 1690. The van der Waals surface area contributed by atoms with Crippen molar-refractivity contribution in [1.82, 2.24) is 0 Å². The molecule has 2 heterocycles. The highest BCUT2D eigenvalue weighted by atomic mass is 16.6. The van der Waals surface area contributed by atoms with Gasteiger partial charge in [0.2, 0.25) is 0 Å². The standard InChI is InChI=1S/C38H34N2O3/c1-3-39(4-2)32-24-23-31(40(25-27-15-7-5-8-16-27)26-28-17-9-6-10-18-28)35-36(32)38(43-37(35)41)29-19-11-13-21-33(29)42-34-22-14-12-20-30(34)38/h5-24H,3-4,25-26H2,1-2H3. The number of nitrogens with zero attached hydrogens (tertiary/aromatic N) is 2. The van der Waals surface area contributed by atoms with E-state index in [4.69, 9.17) is 9.47 Å². The molecule has 0 saturated heterocycles. The zero-order valence-corrected chi connectivity index (χ0v) is 24.5. The highest BCUT2D eigenvalue weighted by Gasteiger charge is 2.56. The summed E-state index contributed by atoms with van der Waals surface area (Å²) in [5, 5.41) is 0. The van der Waals surface area contributed by atoms with Gasteiger partial charge in [0.1, 0.15) is 11.5 Å². The number of fused-ring (bicyclic) bond motifs is 6. The van der Waals surface area contributed by atoms with Gasteiger partial charge in [0, 0.05) is 48.6 Å². The van der Waals surface area contributed by atoms with Crippen LogP contribution in [0.2, 0.25) is 0 Å². The van der Waals surface area contributed by atoms with Crippen LogP contribution in [-0.2, 0) is 23.4 Å². The van der Waals surface area contributed by atoms with Crippen LogP contribution in [0.5, 0.6) is 11.5 Å². The molecular formula is C38H34N2O3. The molecule has 0 fully saturated rings. The molecule has 0 radical (unpaired) electrons. The van der Waals surface area contributed by atoms with E-state index in [9.17, 15) is 4.79 Å². The normalized spacial score (nSPS) is 13.9. The summed E-state index contributed by atoms with van der Waals surface area (Å²) in [6.07, 6.45) is 0. The van der Waals surface area contributed by atoms with E-state index in [1.54, 1.807) is 0 Å². The Balaban J connectivity index is 1.51. The van der Waals surface area contributed by atoms with E-state index in [2.05, 4.69) is 84.3 Å². The lowest BCUT2D eigenvalue weighted by molar-refractivity contribution is 0.0225. The van der Waals surface area contributed by atoms with Crippen LogP contribution in [0.1, 0.15) is 52.0 Å². The van der Waals surface area contributed by atoms with E-state index in [0.717, 1.165) is 41.2 Å². The summed E-state index contributed by atoms with van der Waals surface area (Å²) in [6, 6.07) is 41.0. The third kappa shape index (κ3) is 4.43. The highest BCUT2D eigenvalue weighted by Crippen LogP contribution is 2.59. The number of anilines is 2. The summed E-state index contributed by atoms with van der Waals surface area (Å²) in [6.45, 7) is 7.18. The zero-order valence-electron chi connectivity index (χ0n) is 24.5. The predicted molar refractivity (Wildman–Crippen MR) is 171 cm³/mol. The van der Waals surface area contributed by atoms with Crippen LogP contribution in [0.15, 0.2) is 121 Å². The molecule has 1 spiro atoms. The van der Waals surface area contributed by atoms with Gasteiger partial charge in [-0.05, 0) is 49.2 Å². The number of carbonyl (C=O) groups is 1. The largest absolute Gasteiger partial charge is 0.456 e. The van der Waals surface area contributed by atoms with Gasteiger partial charge in [-0.2, -0.15) is 0 Å². The third-order valence-electron chi connectivity index (χ3n) is 8.59. The zero-order chi connectivity index (χ0) is 29.4. The minimum absolute atomic E-state index is 0.323. The number of hydrogen-bond donors (Lipinski definition) is 0. The van der Waals surface area contributed by atoms with Crippen LogP contribution in [0, 0.1) is 0 Å². The summed E-state index contributed by atoms with van der Waals surface area (Å²) in [4.78, 5) is 19.0. The van der Waals surface area contributed by atoms with Crippen molar-refractivity contribution in [3.05, 3.63) is 155 Å². The lowest BCUT2D eigenvalue weighted by Crippen LogP contribution is -2.35. The molecule has 7 rings (SSSR count). The Hall–Kier alpha value is -5.03. The lowest BCUT2D eigenvalue weighted by atomic mass is 9.76. The third-order valence-corrected chi connectivity index (χ3v) is 8.59. The quantitative estimate of drug-likeness (QED) is 0.177. The molecule has 0 aliphatic carbocycles. The summed E-state index contributed by atoms with van der Waals surface area (Å²) < 4.78 is 13.1. The SMILES string of the molecule is CCN(CC)c1ccc(N(Cc2ccccc2)Cc2ccccc2)c2c1C1(OC2=O)c2ccccc2Oc2ccccc21. The van der Waals surface area contributed by atoms with E-state index in [0.29, 0.717) is 30.2 Å². The fourth-order valence-electron chi connectivity index (χ4n) is 6.65. The molecular weight excluding hydrogens is 532 g/mol. The highest BCUT2D eigenvalue weighted by molar-refractivity contribution is 6.04. The molecule has 5 aromatic rings. The lowest BCUT2D eigenvalue weighted by Gasteiger charge is -2.39. The van der Waals surface area contributed by atoms with Crippen LogP contribution >= 0.6 is 0 Å². The molecule has 5 nitrogen and oxygen atoms in total. The van der Waals surface area contributed by atoms with Crippen LogP contribution < -0.4 is 14.5 Å². The molecule has 0 atom stereocenters. The predicted octanol–water partition coefficient (Wildman–Crippen LogP) is 8.31. The second kappa shape index (κ2) is 11.0. The second-order valence-electron chi connectivity index (χ2n) is 11.0. The fourth-order valence-corrected chi connectivity index (χ4v) is 6.65. The first kappa shape index (κ1) is 26.8. The first-order valence-electron chi connectivity index (χ1n) is 15.0. The monoisotopic (exact) mass is 566 g/mol. The van der Waals surface area contributed by atoms with Crippen molar-refractivity contribution in [2.75, 3.05) is 22.9 Å². The van der Waals surface area contributed by atoms with Crippen LogP contribution in [0.25, 0.3) is 0 Å². The average Bonchev–Trinajstić information content (AvgIpc) is 3.36. The first-order valence-corrected chi connectivity index (χ1v) is 15.0. The maximum Gasteiger partial charge on any atom is 0.342 e. The summed E-state index contributed by atoms with van der Waals surface area (Å²) in [5.41, 5.74) is 6.23. The molecule has 0 aromatic heterocycles. The molecule has 214 valence electrons. The van der Waals surface area contributed by atoms with Crippen molar-refractivity contribution < 1.29 is 14.3 Å². The van der Waals surface area contributed by atoms with Crippen LogP contribution in [-0.4, -0.2) is 19.1 Å². The Morgan fingerprint density at radius 2 is 1.07 bits per heavy atom. The van der Waals surface area contributed by atoms with Gasteiger partial charge in [-0.3, -0.25) is 0 Å². The smallest absolute Gasteiger partial charge is 0.342 e. The number of esters is 1. The number of rotatable bonds is 8. The van der Waals surface area contributed by atoms with E-state index < -0.39 is 5.60 Å². The summed E-state index contributed by atoms with van der Waals surface area (Å²) in [5.74, 6) is 1.07. The van der Waals surface area contributed by atoms with Gasteiger partial charge in [-0.1, -0.05) is 97.1 Å². The average molecular weight is 567 g/mol. The molecule has 43 heavy (non-hydrogen) atoms. The van der Waals surface area contributed by atoms with Crippen molar-refractivity contribution in [1.29, 1.82) is 0 Å². The van der Waals surface area contributed by atoms with Gasteiger partial charge < -0.3 is 19.3 Å². The molecule has 2 aliphatic heterocycles.